The first-order valence-electron chi connectivity index (χ1n) is 9.78. The topological polar surface area (TPSA) is 57.7 Å². The predicted octanol–water partition coefficient (Wildman–Crippen LogP) is 2.67. The van der Waals surface area contributed by atoms with Gasteiger partial charge in [-0.1, -0.05) is 24.3 Å². The monoisotopic (exact) mass is 364 g/mol. The van der Waals surface area contributed by atoms with Crippen molar-refractivity contribution in [1.82, 2.24) is 4.90 Å². The molecule has 0 N–H and O–H groups in total. The van der Waals surface area contributed by atoms with Gasteiger partial charge in [0.25, 0.3) is 0 Å². The Kier molecular flexibility index (Phi) is 3.43. The van der Waals surface area contributed by atoms with Crippen molar-refractivity contribution in [2.24, 2.45) is 35.5 Å². The molecule has 5 aliphatic rings. The van der Waals surface area contributed by atoms with E-state index < -0.39 is 0 Å². The van der Waals surface area contributed by atoms with Crippen LogP contribution in [0, 0.1) is 49.4 Å². The molecule has 0 aromatic heterocycles. The van der Waals surface area contributed by atoms with Crippen molar-refractivity contribution in [2.45, 2.75) is 27.2 Å². The van der Waals surface area contributed by atoms with Gasteiger partial charge in [0, 0.05) is 12.6 Å². The summed E-state index contributed by atoms with van der Waals surface area (Å²) in [6.07, 6.45) is 5.49. The van der Waals surface area contributed by atoms with Crippen LogP contribution in [0.1, 0.15) is 24.5 Å². The van der Waals surface area contributed by atoms with Crippen LogP contribution in [0.4, 0.5) is 5.69 Å². The van der Waals surface area contributed by atoms with Gasteiger partial charge >= 0.3 is 0 Å². The molecule has 1 aliphatic heterocycles. The lowest BCUT2D eigenvalue weighted by molar-refractivity contribution is -0.140. The van der Waals surface area contributed by atoms with Crippen molar-refractivity contribution in [3.05, 3.63) is 41.5 Å². The van der Waals surface area contributed by atoms with Gasteiger partial charge in [-0.25, -0.2) is 0 Å². The molecule has 2 bridgehead atoms. The zero-order valence-corrected chi connectivity index (χ0v) is 15.9. The number of allylic oxidation sites excluding steroid dienone is 2. The maximum atomic E-state index is 13.2. The van der Waals surface area contributed by atoms with Crippen LogP contribution >= 0.6 is 0 Å². The molecule has 0 unspecified atom stereocenters. The van der Waals surface area contributed by atoms with Gasteiger partial charge in [0.2, 0.25) is 17.7 Å². The number of anilines is 1. The summed E-state index contributed by atoms with van der Waals surface area (Å²) >= 11 is 0. The van der Waals surface area contributed by atoms with E-state index in [4.69, 9.17) is 0 Å². The molecule has 1 heterocycles. The smallest absolute Gasteiger partial charge is 0.235 e. The molecule has 3 amide bonds. The van der Waals surface area contributed by atoms with E-state index in [1.807, 2.05) is 32.0 Å². The highest BCUT2D eigenvalue weighted by Gasteiger charge is 2.67. The molecule has 1 aromatic rings. The van der Waals surface area contributed by atoms with Crippen molar-refractivity contribution >= 4 is 23.4 Å². The third kappa shape index (κ3) is 2.20. The third-order valence-corrected chi connectivity index (χ3v) is 7.28. The standard InChI is InChI=1S/C22H24N2O3/c1-11-5-4-6-18(12(11)2)23(13(3)25)10-24-21(26)19-14-7-8-15(17-9-16(14)17)20(19)22(24)27/h4-8,14-17,19-20H,9-10H2,1-3H3/t14-,15-,16-,17+,19-,20+/m0/s1. The Morgan fingerprint density at radius 3 is 2.22 bits per heavy atom. The Labute approximate surface area is 159 Å². The van der Waals surface area contributed by atoms with Crippen molar-refractivity contribution in [3.8, 4) is 0 Å². The Hall–Kier alpha value is -2.43. The van der Waals surface area contributed by atoms with Crippen molar-refractivity contribution < 1.29 is 14.4 Å². The summed E-state index contributed by atoms with van der Waals surface area (Å²) in [4.78, 5) is 41.6. The van der Waals surface area contributed by atoms with E-state index in [1.54, 1.807) is 4.90 Å². The van der Waals surface area contributed by atoms with Crippen molar-refractivity contribution in [3.63, 3.8) is 0 Å². The molecule has 1 saturated heterocycles. The Morgan fingerprint density at radius 1 is 1.07 bits per heavy atom. The normalized spacial score (nSPS) is 35.3. The molecule has 4 aliphatic carbocycles. The van der Waals surface area contributed by atoms with Gasteiger partial charge in [0.15, 0.2) is 0 Å². The second-order valence-corrected chi connectivity index (χ2v) is 8.57. The Bertz CT molecular complexity index is 869. The number of hydrogen-bond acceptors (Lipinski definition) is 3. The van der Waals surface area contributed by atoms with Gasteiger partial charge < -0.3 is 0 Å². The second-order valence-electron chi connectivity index (χ2n) is 8.57. The van der Waals surface area contributed by atoms with Gasteiger partial charge in [0.1, 0.15) is 6.67 Å². The first-order chi connectivity index (χ1) is 12.9. The summed E-state index contributed by atoms with van der Waals surface area (Å²) in [5, 5.41) is 0. The van der Waals surface area contributed by atoms with Crippen LogP contribution < -0.4 is 4.90 Å². The summed E-state index contributed by atoms with van der Waals surface area (Å²) in [7, 11) is 0. The fourth-order valence-electron chi connectivity index (χ4n) is 5.67. The average Bonchev–Trinajstić information content (AvgIpc) is 3.42. The van der Waals surface area contributed by atoms with E-state index in [0.29, 0.717) is 11.8 Å². The molecule has 0 spiro atoms. The largest absolute Gasteiger partial charge is 0.294 e. The first-order valence-corrected chi connectivity index (χ1v) is 9.78. The number of hydrogen-bond donors (Lipinski definition) is 0. The predicted molar refractivity (Wildman–Crippen MR) is 100 cm³/mol. The number of carbonyl (C=O) groups is 3. The van der Waals surface area contributed by atoms with Gasteiger partial charge in [-0.05, 0) is 61.1 Å². The lowest BCUT2D eigenvalue weighted by Crippen LogP contribution is -2.44. The summed E-state index contributed by atoms with van der Waals surface area (Å²) < 4.78 is 0. The van der Waals surface area contributed by atoms with Crippen LogP contribution in [-0.4, -0.2) is 29.3 Å². The number of amides is 3. The Balaban J connectivity index is 1.47. The lowest BCUT2D eigenvalue weighted by Gasteiger charge is -2.37. The molecule has 2 saturated carbocycles. The summed E-state index contributed by atoms with van der Waals surface area (Å²) in [6.45, 7) is 5.46. The maximum Gasteiger partial charge on any atom is 0.235 e. The van der Waals surface area contributed by atoms with Crippen LogP contribution in [-0.2, 0) is 14.4 Å². The molecule has 5 heteroatoms. The zero-order valence-electron chi connectivity index (χ0n) is 15.9. The van der Waals surface area contributed by atoms with Crippen molar-refractivity contribution in [2.75, 3.05) is 11.6 Å². The highest BCUT2D eigenvalue weighted by molar-refractivity contribution is 6.07. The number of likely N-dealkylation sites (tertiary alicyclic amines) is 1. The summed E-state index contributed by atoms with van der Waals surface area (Å²) in [6, 6.07) is 5.77. The second kappa shape index (κ2) is 5.54. The van der Waals surface area contributed by atoms with E-state index in [9.17, 15) is 14.4 Å². The molecule has 140 valence electrons. The molecule has 1 aromatic carbocycles. The first kappa shape index (κ1) is 16.7. The minimum Gasteiger partial charge on any atom is -0.294 e. The maximum absolute atomic E-state index is 13.2. The molecule has 6 atom stereocenters. The SMILES string of the molecule is CC(=O)N(CN1C(=O)[C@@H]2[C@H]3C=C[C@@H]([C@@H]4C[C@H]34)[C@@H]2C1=O)c1cccc(C)c1C. The number of rotatable bonds is 3. The molecular formula is C22H24N2O3. The molecule has 6 rings (SSSR count). The number of carbonyl (C=O) groups excluding carboxylic acids is 3. The molecule has 0 radical (unpaired) electrons. The van der Waals surface area contributed by atoms with Crippen LogP contribution in [0.2, 0.25) is 0 Å². The van der Waals surface area contributed by atoms with E-state index in [-0.39, 0.29) is 48.1 Å². The van der Waals surface area contributed by atoms with Gasteiger partial charge in [-0.3, -0.25) is 24.2 Å². The lowest BCUT2D eigenvalue weighted by atomic mass is 9.63. The molecule has 3 fully saturated rings. The highest BCUT2D eigenvalue weighted by Crippen LogP contribution is 2.65. The number of benzene rings is 1. The minimum absolute atomic E-state index is 0.0130. The minimum atomic E-state index is -0.219. The van der Waals surface area contributed by atoms with Gasteiger partial charge in [-0.2, -0.15) is 0 Å². The van der Waals surface area contributed by atoms with Crippen LogP contribution in [0.3, 0.4) is 0 Å². The van der Waals surface area contributed by atoms with Crippen LogP contribution in [0.15, 0.2) is 30.4 Å². The Morgan fingerprint density at radius 2 is 1.67 bits per heavy atom. The van der Waals surface area contributed by atoms with E-state index in [2.05, 4.69) is 12.2 Å². The molecule has 27 heavy (non-hydrogen) atoms. The third-order valence-electron chi connectivity index (χ3n) is 7.28. The number of imide groups is 1. The zero-order chi connectivity index (χ0) is 19.0. The van der Waals surface area contributed by atoms with Gasteiger partial charge in [0.05, 0.1) is 11.8 Å². The average molecular weight is 364 g/mol. The van der Waals surface area contributed by atoms with E-state index in [0.717, 1.165) is 23.2 Å². The number of nitrogens with zero attached hydrogens (tertiary/aromatic N) is 2. The van der Waals surface area contributed by atoms with Gasteiger partial charge in [-0.15, -0.1) is 0 Å². The summed E-state index contributed by atoms with van der Waals surface area (Å²) in [5.74, 6) is 0.797. The fraction of sp³-hybridized carbons (Fsp3) is 0.500. The van der Waals surface area contributed by atoms with Crippen LogP contribution in [0.5, 0.6) is 0 Å². The number of aryl methyl sites for hydroxylation is 1. The molecule has 5 nitrogen and oxygen atoms in total. The van der Waals surface area contributed by atoms with Crippen molar-refractivity contribution in [1.29, 1.82) is 0 Å². The highest BCUT2D eigenvalue weighted by atomic mass is 16.2. The van der Waals surface area contributed by atoms with E-state index >= 15 is 0 Å². The quantitative estimate of drug-likeness (QED) is 0.612. The fourth-order valence-corrected chi connectivity index (χ4v) is 5.67. The van der Waals surface area contributed by atoms with Crippen LogP contribution in [0.25, 0.3) is 0 Å². The van der Waals surface area contributed by atoms with E-state index in [1.165, 1.54) is 11.8 Å². The summed E-state index contributed by atoms with van der Waals surface area (Å²) in [5.41, 5.74) is 2.84. The molecular weight excluding hydrogens is 340 g/mol.